The Labute approximate surface area is 777 Å². The van der Waals surface area contributed by atoms with Gasteiger partial charge < -0.3 is 54.6 Å². The highest BCUT2D eigenvalue weighted by Crippen LogP contribution is 2.44. The van der Waals surface area contributed by atoms with Crippen molar-refractivity contribution < 1.29 is 36.3 Å². The number of carbonyl (C=O) groups is 3. The molecule has 4 N–H and O–H groups in total. The Balaban J connectivity index is 0.000000147. The molecule has 3 fully saturated rings. The Kier molecular flexibility index (Phi) is 25.2. The SMILES string of the molecule is C=CC(=O)N1CCN(c2nc(=O)n(-c3c(C)nc4c(ncn4C)c3C(C)C)c3nc(-c4c(N)cccc4F)c(F)cc23)[C@@H](C)C1.C=CC(=O)N1CCN(c2nc(=O)n(-c3c(C)nc4c(ncn4C)c3C(C)C)c3nc(-c4c(N)cccc4F)c(F)cc23)[C@@H](C)C1.C=CC(=O)N1C[C@H](C)N(c2nc(=O)n(-c3c(C)cc4c(ncn4C)c3C(C)C)c3nc(-c4ccccc4F)c(Cl)cc23)C[C@H]1C. The molecule has 3 aliphatic heterocycles. The number of pyridine rings is 5. The van der Waals surface area contributed by atoms with Gasteiger partial charge in [-0.3, -0.25) is 14.4 Å². The summed E-state index contributed by atoms with van der Waals surface area (Å²) in [6, 6.07) is 19.6. The van der Waals surface area contributed by atoms with Crippen LogP contribution in [0.3, 0.4) is 0 Å². The van der Waals surface area contributed by atoms with Crippen LogP contribution in [0.4, 0.5) is 50.8 Å². The second kappa shape index (κ2) is 36.5. The van der Waals surface area contributed by atoms with E-state index < -0.39 is 46.2 Å². The van der Waals surface area contributed by atoms with Crippen molar-refractivity contribution in [1.29, 1.82) is 0 Å². The lowest BCUT2D eigenvalue weighted by molar-refractivity contribution is -0.129. The van der Waals surface area contributed by atoms with Crippen molar-refractivity contribution in [3.8, 4) is 50.8 Å². The van der Waals surface area contributed by atoms with Crippen LogP contribution in [0.2, 0.25) is 5.02 Å². The summed E-state index contributed by atoms with van der Waals surface area (Å²) in [5.41, 5.74) is 20.0. The van der Waals surface area contributed by atoms with E-state index in [0.29, 0.717) is 120 Å². The number of aryl methyl sites for hydroxylation is 6. The second-order valence-electron chi connectivity index (χ2n) is 35.3. The van der Waals surface area contributed by atoms with Gasteiger partial charge in [-0.1, -0.05) is 97.1 Å². The maximum absolute atomic E-state index is 16.0. The zero-order chi connectivity index (χ0) is 97.0. The van der Waals surface area contributed by atoms with Gasteiger partial charge in [0, 0.05) is 131 Å². The minimum absolute atomic E-state index is 0.00354. The first-order valence-corrected chi connectivity index (χ1v) is 44.5. The molecule has 3 saturated heterocycles. The summed E-state index contributed by atoms with van der Waals surface area (Å²) >= 11 is 6.86. The highest BCUT2D eigenvalue weighted by molar-refractivity contribution is 6.34. The Hall–Kier alpha value is -15.0. The number of rotatable bonds is 15. The molecule has 14 heterocycles. The fraction of sp³-hybridized carbons (Fsp3) is 0.316. The summed E-state index contributed by atoms with van der Waals surface area (Å²) in [5.74, 6) is -3.62. The summed E-state index contributed by atoms with van der Waals surface area (Å²) in [4.78, 5) is 142. The van der Waals surface area contributed by atoms with Gasteiger partial charge >= 0.3 is 17.1 Å². The average Bonchev–Trinajstić information content (AvgIpc) is 1.44. The molecule has 0 unspecified atom stereocenters. The van der Waals surface area contributed by atoms with E-state index in [4.69, 9.17) is 43.0 Å². The van der Waals surface area contributed by atoms with Crippen LogP contribution in [0.25, 0.3) is 117 Å². The van der Waals surface area contributed by atoms with Gasteiger partial charge in [-0.25, -0.2) is 89.9 Å². The summed E-state index contributed by atoms with van der Waals surface area (Å²) in [6.45, 7) is 38.9. The molecule has 135 heavy (non-hydrogen) atoms. The van der Waals surface area contributed by atoms with Crippen LogP contribution in [-0.2, 0) is 35.5 Å². The average molecular weight is 1860 g/mol. The maximum atomic E-state index is 16.0. The van der Waals surface area contributed by atoms with E-state index in [2.05, 4.69) is 68.5 Å². The van der Waals surface area contributed by atoms with Crippen LogP contribution in [-0.4, -0.2) is 191 Å². The molecule has 0 spiro atoms. The number of hydrogen-bond acceptors (Lipinski definition) is 22. The number of halogens is 6. The monoisotopic (exact) mass is 1850 g/mol. The number of nitrogens with zero attached hydrogens (tertiary/aromatic N) is 23. The zero-order valence-corrected chi connectivity index (χ0v) is 78.3. The zero-order valence-electron chi connectivity index (χ0n) is 77.5. The van der Waals surface area contributed by atoms with E-state index >= 15 is 22.0 Å². The standard InChI is InChI=1S/C34H35ClFN7O2.2C32H33F2N9O2/c1-8-27(44)41-15-21(6)42(16-20(41)5)32-23-14-24(35)29(22-11-9-10-12-25(22)36)38-33(23)43(34(45)39-32)31-19(4)13-26-30(28(31)18(2)3)37-17-40(26)7;2*1-7-23(44)41-11-12-42(17(4)14-41)29-19-13-21(34)26(25-20(33)9-8-10-22(25)35)38-30(19)43(32(45)39-29)28-18(5)37-31-27(24(28)16(2)3)36-15-40(31)6/h8-14,17-18,20-21H,1,15-16H2,2-7H3;2*7-10,13,15-17H,1,11-12,14,35H2,2-6H3/t20-,21+;2*17-/m100/s1. The molecule has 0 bridgehead atoms. The number of nitrogens with two attached hydrogens (primary N) is 2. The maximum Gasteiger partial charge on any atom is 0.355 e. The molecule has 4 aromatic carbocycles. The van der Waals surface area contributed by atoms with E-state index in [1.165, 1.54) is 86.5 Å². The molecule has 4 atom stereocenters. The molecule has 3 amide bonds. The van der Waals surface area contributed by atoms with Crippen molar-refractivity contribution in [2.75, 3.05) is 78.5 Å². The number of amides is 3. The minimum Gasteiger partial charge on any atom is -0.398 e. The predicted molar refractivity (Wildman–Crippen MR) is 516 cm³/mol. The number of anilines is 5. The summed E-state index contributed by atoms with van der Waals surface area (Å²) in [7, 11) is 5.61. The van der Waals surface area contributed by atoms with Crippen molar-refractivity contribution in [2.45, 2.75) is 132 Å². The number of carbonyl (C=O) groups excluding carboxylic acids is 3. The predicted octanol–water partition coefficient (Wildman–Crippen LogP) is 14.7. The Bertz CT molecular complexity index is 7310. The largest absolute Gasteiger partial charge is 0.398 e. The van der Waals surface area contributed by atoms with Crippen molar-refractivity contribution in [3.63, 3.8) is 0 Å². The minimum atomic E-state index is -0.834. The third-order valence-corrected chi connectivity index (χ3v) is 25.6. The van der Waals surface area contributed by atoms with Gasteiger partial charge in [0.25, 0.3) is 0 Å². The smallest absolute Gasteiger partial charge is 0.355 e. The van der Waals surface area contributed by atoms with Crippen LogP contribution in [0.5, 0.6) is 0 Å². The molecule has 18 rings (SSSR count). The number of imidazole rings is 3. The van der Waals surface area contributed by atoms with Gasteiger partial charge in [0.15, 0.2) is 39.9 Å². The molecular formula is C98H101ClF5N25O6. The number of benzene rings is 4. The lowest BCUT2D eigenvalue weighted by Gasteiger charge is -2.44. The van der Waals surface area contributed by atoms with Gasteiger partial charge in [0.2, 0.25) is 17.7 Å². The summed E-state index contributed by atoms with van der Waals surface area (Å²) in [5, 5.41) is 1.23. The van der Waals surface area contributed by atoms with Crippen molar-refractivity contribution >= 4 is 125 Å². The molecule has 3 aliphatic rings. The Morgan fingerprint density at radius 3 is 1.25 bits per heavy atom. The van der Waals surface area contributed by atoms with Crippen LogP contribution in [0.1, 0.15) is 121 Å². The first kappa shape index (κ1) is 93.3. The third kappa shape index (κ3) is 16.4. The molecular weight excluding hydrogens is 1750 g/mol. The topological polar surface area (TPSA) is 345 Å². The molecule has 0 saturated carbocycles. The number of fused-ring (bicyclic) bond motifs is 6. The molecule has 696 valence electrons. The van der Waals surface area contributed by atoms with E-state index in [-0.39, 0.29) is 144 Å². The summed E-state index contributed by atoms with van der Waals surface area (Å²) < 4.78 is 87.2. The van der Waals surface area contributed by atoms with E-state index in [1.807, 2.05) is 109 Å². The first-order chi connectivity index (χ1) is 64.3. The van der Waals surface area contributed by atoms with Gasteiger partial charge in [-0.05, 0) is 151 Å². The van der Waals surface area contributed by atoms with Gasteiger partial charge in [-0.2, -0.15) is 15.0 Å². The van der Waals surface area contributed by atoms with Gasteiger partial charge in [0.05, 0.1) is 96.5 Å². The molecule has 0 radical (unpaired) electrons. The van der Waals surface area contributed by atoms with Crippen LogP contribution in [0, 0.1) is 49.9 Å². The Morgan fingerprint density at radius 1 is 0.430 bits per heavy atom. The van der Waals surface area contributed by atoms with Crippen molar-refractivity contribution in [3.05, 3.63) is 241 Å². The van der Waals surface area contributed by atoms with Crippen LogP contribution in [0.15, 0.2) is 156 Å². The third-order valence-electron chi connectivity index (χ3n) is 25.3. The molecule has 37 heteroatoms. The van der Waals surface area contributed by atoms with E-state index in [1.54, 1.807) is 80.9 Å². The Morgan fingerprint density at radius 2 is 0.822 bits per heavy atom. The normalized spacial score (nSPS) is 16.0. The number of aromatic nitrogens is 17. The second-order valence-corrected chi connectivity index (χ2v) is 35.7. The van der Waals surface area contributed by atoms with E-state index in [0.717, 1.165) is 33.3 Å². The number of hydrogen-bond donors (Lipinski definition) is 2. The highest BCUT2D eigenvalue weighted by Gasteiger charge is 2.39. The lowest BCUT2D eigenvalue weighted by atomic mass is 9.95. The molecule has 11 aromatic heterocycles. The fourth-order valence-electron chi connectivity index (χ4n) is 18.8. The lowest BCUT2D eigenvalue weighted by Crippen LogP contribution is -2.58. The van der Waals surface area contributed by atoms with Gasteiger partial charge in [-0.15, -0.1) is 0 Å². The number of piperazine rings is 3. The fourth-order valence-corrected chi connectivity index (χ4v) is 19.1. The summed E-state index contributed by atoms with van der Waals surface area (Å²) in [6.07, 6.45) is 8.89. The molecule has 0 aliphatic carbocycles. The molecule has 15 aromatic rings. The van der Waals surface area contributed by atoms with Crippen LogP contribution < -0.4 is 43.2 Å². The molecule has 31 nitrogen and oxygen atoms in total. The van der Waals surface area contributed by atoms with E-state index in [9.17, 15) is 28.8 Å². The quantitative estimate of drug-likeness (QED) is 0.0547. The first-order valence-electron chi connectivity index (χ1n) is 44.2. The van der Waals surface area contributed by atoms with Crippen molar-refractivity contribution in [2.24, 2.45) is 21.1 Å². The van der Waals surface area contributed by atoms with Crippen LogP contribution >= 0.6 is 11.6 Å². The van der Waals surface area contributed by atoms with Gasteiger partial charge in [0.1, 0.15) is 57.3 Å². The number of nitrogen functional groups attached to an aromatic ring is 2. The van der Waals surface area contributed by atoms with Crippen molar-refractivity contribution in [1.82, 2.24) is 96.9 Å². The highest BCUT2D eigenvalue weighted by atomic mass is 35.5.